The normalized spacial score (nSPS) is 13.2. The second kappa shape index (κ2) is 26.0. The molecule has 0 aliphatic rings. The van der Waals surface area contributed by atoms with Crippen molar-refractivity contribution in [3.8, 4) is 0 Å². The molecule has 1 N–H and O–H groups in total. The van der Waals surface area contributed by atoms with Gasteiger partial charge in [0.25, 0.3) is 5.24 Å². The highest BCUT2D eigenvalue weighted by molar-refractivity contribution is 7.73. The molecule has 0 spiro atoms. The van der Waals surface area contributed by atoms with Gasteiger partial charge in [0.05, 0.1) is 54.4 Å². The van der Waals surface area contributed by atoms with Gasteiger partial charge in [-0.25, -0.2) is 4.79 Å². The van der Waals surface area contributed by atoms with Crippen LogP contribution < -0.4 is 0 Å². The van der Waals surface area contributed by atoms with E-state index in [1.54, 1.807) is 147 Å². The van der Waals surface area contributed by atoms with Gasteiger partial charge in [0.1, 0.15) is 0 Å². The summed E-state index contributed by atoms with van der Waals surface area (Å²) in [6, 6.07) is 12.5. The highest BCUT2D eigenvalue weighted by atomic mass is 35.5. The Kier molecular flexibility index (Phi) is 24.5. The minimum absolute atomic E-state index is 0.00661. The number of hydrogen-bond acceptors (Lipinski definition) is 14. The average Bonchev–Trinajstić information content (AvgIpc) is 3.07. The molecule has 20 heteroatoms. The molecule has 0 bridgehead atoms. The highest BCUT2D eigenvalue weighted by Crippen LogP contribution is 2.74. The zero-order chi connectivity index (χ0) is 48.0. The summed E-state index contributed by atoms with van der Waals surface area (Å²) in [5.41, 5.74) is 1.70. The van der Waals surface area contributed by atoms with Crippen molar-refractivity contribution in [3.63, 3.8) is 0 Å². The van der Waals surface area contributed by atoms with Crippen LogP contribution >= 0.6 is 42.0 Å². The van der Waals surface area contributed by atoms with Gasteiger partial charge in [0.15, 0.2) is 10.8 Å². The number of hydrogen-bond donors (Lipinski definition) is 1. The molecule has 0 radical (unpaired) electrons. The fourth-order valence-corrected chi connectivity index (χ4v) is 17.7. The van der Waals surface area contributed by atoms with Crippen LogP contribution in [0.5, 0.6) is 0 Å². The molecule has 62 heavy (non-hydrogen) atoms. The number of carbonyl (C=O) groups is 2. The summed E-state index contributed by atoms with van der Waals surface area (Å²) >= 11 is 5.53. The molecule has 2 aromatic rings. The number of carbonyl (C=O) groups excluding carboxylic acids is 1. The van der Waals surface area contributed by atoms with Crippen molar-refractivity contribution >= 4 is 53.2 Å². The van der Waals surface area contributed by atoms with Crippen molar-refractivity contribution in [1.29, 1.82) is 0 Å². The first kappa shape index (κ1) is 58.5. The van der Waals surface area contributed by atoms with E-state index in [0.29, 0.717) is 16.7 Å². The number of rotatable bonds is 26. The topological polar surface area (TPSA) is 196 Å². The van der Waals surface area contributed by atoms with Crippen molar-refractivity contribution < 1.29 is 69.1 Å². The van der Waals surface area contributed by atoms with Gasteiger partial charge in [-0.1, -0.05) is 24.3 Å². The Bertz CT molecular complexity index is 1610. The van der Waals surface area contributed by atoms with Gasteiger partial charge in [-0.15, -0.1) is 0 Å². The molecular formula is C42H71ClO15P4. The highest BCUT2D eigenvalue weighted by Gasteiger charge is 2.54. The van der Waals surface area contributed by atoms with E-state index in [0.717, 1.165) is 0 Å². The average molecular weight is 975 g/mol. The Morgan fingerprint density at radius 1 is 0.419 bits per heavy atom. The molecule has 0 atom stereocenters. The lowest BCUT2D eigenvalue weighted by molar-refractivity contribution is 0.0695. The zero-order valence-electron chi connectivity index (χ0n) is 39.1. The Balaban J connectivity index is 0.000000620. The molecule has 0 saturated carbocycles. The Morgan fingerprint density at radius 2 is 0.613 bits per heavy atom. The monoisotopic (exact) mass is 974 g/mol. The van der Waals surface area contributed by atoms with Crippen molar-refractivity contribution in [3.05, 3.63) is 70.8 Å². The molecule has 2 aromatic carbocycles. The van der Waals surface area contributed by atoms with Crippen LogP contribution in [0.25, 0.3) is 0 Å². The van der Waals surface area contributed by atoms with Gasteiger partial charge in [-0.05, 0) is 171 Å². The molecule has 0 fully saturated rings. The molecule has 0 heterocycles. The van der Waals surface area contributed by atoms with Crippen LogP contribution in [-0.2, 0) is 67.3 Å². The molecule has 0 unspecified atom stereocenters. The first-order chi connectivity index (χ1) is 28.4. The quantitative estimate of drug-likeness (QED) is 0.0690. The van der Waals surface area contributed by atoms with Gasteiger partial charge in [-0.3, -0.25) is 23.1 Å². The second-order valence-electron chi connectivity index (χ2n) is 16.7. The van der Waals surface area contributed by atoms with Crippen LogP contribution in [0.2, 0.25) is 0 Å². The minimum Gasteiger partial charge on any atom is -0.478 e. The number of halogens is 1. The van der Waals surface area contributed by atoms with Gasteiger partial charge in [0, 0.05) is 5.56 Å². The maximum absolute atomic E-state index is 14.1. The van der Waals surface area contributed by atoms with Crippen LogP contribution in [0, 0.1) is 0 Å². The van der Waals surface area contributed by atoms with Gasteiger partial charge in [0.2, 0.25) is 0 Å². The summed E-state index contributed by atoms with van der Waals surface area (Å²) < 4.78 is 102. The molecule has 356 valence electrons. The first-order valence-electron chi connectivity index (χ1n) is 20.8. The van der Waals surface area contributed by atoms with Crippen molar-refractivity contribution in [2.24, 2.45) is 0 Å². The third-order valence-corrected chi connectivity index (χ3v) is 20.5. The number of aromatic carboxylic acids is 1. The summed E-state index contributed by atoms with van der Waals surface area (Å²) in [6.07, 6.45) is -3.63. The van der Waals surface area contributed by atoms with E-state index in [1.807, 2.05) is 0 Å². The van der Waals surface area contributed by atoms with Crippen LogP contribution in [0.15, 0.2) is 48.5 Å². The molecule has 2 rings (SSSR count). The Labute approximate surface area is 375 Å². The summed E-state index contributed by atoms with van der Waals surface area (Å²) in [5.74, 6) is -1.06. The number of carboxylic acid groups (broad SMARTS) is 1. The van der Waals surface area contributed by atoms with E-state index in [1.165, 1.54) is 12.1 Å². The lowest BCUT2D eigenvalue weighted by atomic mass is 10.1. The Hall–Kier alpha value is -1.53. The second-order valence-corrected chi connectivity index (χ2v) is 26.4. The van der Waals surface area contributed by atoms with Crippen LogP contribution in [0.3, 0.4) is 0 Å². The Morgan fingerprint density at radius 3 is 0.774 bits per heavy atom. The fraction of sp³-hybridized carbons (Fsp3) is 0.667. The summed E-state index contributed by atoms with van der Waals surface area (Å²) in [5, 5.41) is 6.12. The van der Waals surface area contributed by atoms with E-state index in [4.69, 9.17) is 52.9 Å². The van der Waals surface area contributed by atoms with Crippen molar-refractivity contribution in [2.45, 2.75) is 183 Å². The largest absolute Gasteiger partial charge is 0.478 e. The third kappa shape index (κ3) is 19.9. The molecule has 0 aliphatic carbocycles. The summed E-state index contributed by atoms with van der Waals surface area (Å²) in [4.78, 5) is 22.5. The van der Waals surface area contributed by atoms with E-state index in [-0.39, 0.29) is 18.4 Å². The van der Waals surface area contributed by atoms with Gasteiger partial charge >= 0.3 is 36.4 Å². The van der Waals surface area contributed by atoms with Crippen LogP contribution in [0.1, 0.15) is 143 Å². The lowest BCUT2D eigenvalue weighted by Crippen LogP contribution is -2.25. The SMILES string of the molecule is CC(C)OP(=O)(OC(C)C)C(Cc1ccc(C(=O)Cl)cc1)P(=O)(OC(C)C)OC(C)C.CC(C)OP(=O)(OC(C)C)C(Cc1ccc(C(=O)O)cc1)P(=O)(OC(C)C)OC(C)C. The summed E-state index contributed by atoms with van der Waals surface area (Å²) in [6.45, 7) is 27.5. The van der Waals surface area contributed by atoms with Crippen LogP contribution in [-0.4, -0.2) is 76.0 Å². The fourth-order valence-electron chi connectivity index (χ4n) is 5.78. The third-order valence-electron chi connectivity index (χ3n) is 7.54. The molecule has 0 aliphatic heterocycles. The molecule has 15 nitrogen and oxygen atoms in total. The predicted octanol–water partition coefficient (Wildman–Crippen LogP) is 13.4. The standard InChI is InChI=1S/C21H35ClO7P2.C21H36O8P2/c2*1-14(2)26-30(24,27-15(3)4)20(31(25,28-16(5)6)29-17(7)8)13-18-9-11-19(12-10-18)21(22)23/h9-12,14-17,20H,13H2,1-8H3;9-12,14-17,20H,13H2,1-8H3,(H,22,23). The van der Waals surface area contributed by atoms with E-state index < -0.39 is 101 Å². The molecule has 0 aromatic heterocycles. The first-order valence-corrected chi connectivity index (χ1v) is 27.7. The molecule has 0 amide bonds. The number of benzene rings is 2. The predicted molar refractivity (Wildman–Crippen MR) is 245 cm³/mol. The lowest BCUT2D eigenvalue weighted by Gasteiger charge is -2.35. The minimum atomic E-state index is -4.00. The summed E-state index contributed by atoms with van der Waals surface area (Å²) in [7, 11) is -16.0. The molecular weight excluding hydrogens is 904 g/mol. The number of carboxylic acids is 1. The van der Waals surface area contributed by atoms with E-state index >= 15 is 0 Å². The maximum Gasteiger partial charge on any atom is 0.346 e. The van der Waals surface area contributed by atoms with Gasteiger partial charge < -0.3 is 41.3 Å². The zero-order valence-corrected chi connectivity index (χ0v) is 43.5. The van der Waals surface area contributed by atoms with E-state index in [9.17, 15) is 27.8 Å². The molecule has 0 saturated heterocycles. The smallest absolute Gasteiger partial charge is 0.346 e. The van der Waals surface area contributed by atoms with Gasteiger partial charge in [-0.2, -0.15) is 0 Å². The van der Waals surface area contributed by atoms with Crippen molar-refractivity contribution in [2.75, 3.05) is 0 Å². The van der Waals surface area contributed by atoms with E-state index in [2.05, 4.69) is 0 Å². The van der Waals surface area contributed by atoms with Crippen LogP contribution in [0.4, 0.5) is 0 Å². The van der Waals surface area contributed by atoms with Crippen molar-refractivity contribution in [1.82, 2.24) is 0 Å². The maximum atomic E-state index is 14.1.